The van der Waals surface area contributed by atoms with Gasteiger partial charge < -0.3 is 25.6 Å². The summed E-state index contributed by atoms with van der Waals surface area (Å²) < 4.78 is 5.11. The van der Waals surface area contributed by atoms with E-state index in [1.807, 2.05) is 26.0 Å². The maximum atomic E-state index is 12.4. The molecular weight excluding hydrogens is 442 g/mol. The number of benzene rings is 1. The second kappa shape index (κ2) is 12.6. The summed E-state index contributed by atoms with van der Waals surface area (Å²) in [5.41, 5.74) is 2.14. The van der Waals surface area contributed by atoms with Crippen LogP contribution in [0.15, 0.2) is 30.3 Å². The summed E-state index contributed by atoms with van der Waals surface area (Å²) in [6, 6.07) is 9.78. The van der Waals surface area contributed by atoms with Crippen LogP contribution in [-0.4, -0.2) is 56.3 Å². The van der Waals surface area contributed by atoms with E-state index in [1.54, 1.807) is 6.92 Å². The predicted molar refractivity (Wildman–Crippen MR) is 142 cm³/mol. The van der Waals surface area contributed by atoms with E-state index in [-0.39, 0.29) is 17.9 Å². The Kier molecular flexibility index (Phi) is 9.57. The molecule has 192 valence electrons. The number of hydrogen-bond acceptors (Lipinski definition) is 6. The molecule has 8 nitrogen and oxygen atoms in total. The molecule has 2 amide bonds. The first-order valence-electron chi connectivity index (χ1n) is 12.8. The summed E-state index contributed by atoms with van der Waals surface area (Å²) in [6.07, 6.45) is 4.66. The van der Waals surface area contributed by atoms with Crippen molar-refractivity contribution in [2.45, 2.75) is 65.0 Å². The van der Waals surface area contributed by atoms with Crippen molar-refractivity contribution in [3.63, 3.8) is 0 Å². The van der Waals surface area contributed by atoms with E-state index in [4.69, 9.17) is 9.72 Å². The molecule has 1 aliphatic carbocycles. The van der Waals surface area contributed by atoms with E-state index in [2.05, 4.69) is 53.1 Å². The zero-order valence-electron chi connectivity index (χ0n) is 21.8. The highest BCUT2D eigenvalue weighted by atomic mass is 16.5. The normalized spacial score (nSPS) is 18.7. The molecule has 1 aliphatic rings. The van der Waals surface area contributed by atoms with Gasteiger partial charge in [-0.3, -0.25) is 0 Å². The molecule has 1 aromatic carbocycles. The fourth-order valence-electron chi connectivity index (χ4n) is 4.70. The van der Waals surface area contributed by atoms with Crippen LogP contribution in [0.2, 0.25) is 0 Å². The highest BCUT2D eigenvalue weighted by molar-refractivity contribution is 5.93. The maximum Gasteiger partial charge on any atom is 0.328 e. The molecule has 0 spiro atoms. The molecule has 0 radical (unpaired) electrons. The second-order valence-corrected chi connectivity index (χ2v) is 10.1. The van der Waals surface area contributed by atoms with Crippen molar-refractivity contribution in [2.24, 2.45) is 11.8 Å². The molecule has 1 heterocycles. The van der Waals surface area contributed by atoms with Gasteiger partial charge in [0.15, 0.2) is 0 Å². The first-order chi connectivity index (χ1) is 16.8. The molecule has 0 saturated heterocycles. The first kappa shape index (κ1) is 26.6. The largest absolute Gasteiger partial charge is 0.464 e. The van der Waals surface area contributed by atoms with Gasteiger partial charge in [0, 0.05) is 43.8 Å². The summed E-state index contributed by atoms with van der Waals surface area (Å²) in [6.45, 7) is 6.72. The minimum atomic E-state index is -0.614. The van der Waals surface area contributed by atoms with Gasteiger partial charge in [-0.25, -0.2) is 14.6 Å². The van der Waals surface area contributed by atoms with Crippen LogP contribution in [0.5, 0.6) is 0 Å². The number of pyridine rings is 1. The molecular formula is C27H41N5O3. The number of carbonyl (C=O) groups is 2. The molecule has 1 fully saturated rings. The topological polar surface area (TPSA) is 95.6 Å². The Balaban J connectivity index is 1.48. The molecule has 0 bridgehead atoms. The van der Waals surface area contributed by atoms with E-state index in [0.717, 1.165) is 48.1 Å². The van der Waals surface area contributed by atoms with Crippen LogP contribution in [0.1, 0.15) is 52.9 Å². The molecule has 1 unspecified atom stereocenters. The SMILES string of the molecule is CCOC(=O)C(CC(C)C)NC(=O)NCC1CCC(Nc2cc(N(C)C)c3ccccc3n2)CC1. The lowest BCUT2D eigenvalue weighted by Crippen LogP contribution is -2.48. The molecule has 0 aliphatic heterocycles. The number of aromatic nitrogens is 1. The van der Waals surface area contributed by atoms with Crippen LogP contribution in [0.3, 0.4) is 0 Å². The number of fused-ring (bicyclic) bond motifs is 1. The summed E-state index contributed by atoms with van der Waals surface area (Å²) in [4.78, 5) is 31.5. The number of hydrogen-bond donors (Lipinski definition) is 3. The summed E-state index contributed by atoms with van der Waals surface area (Å²) in [5.74, 6) is 1.23. The van der Waals surface area contributed by atoms with Crippen LogP contribution in [0.4, 0.5) is 16.3 Å². The lowest BCUT2D eigenvalue weighted by atomic mass is 9.86. The Morgan fingerprint density at radius 2 is 1.86 bits per heavy atom. The Hall–Kier alpha value is -3.03. The van der Waals surface area contributed by atoms with E-state index < -0.39 is 6.04 Å². The Morgan fingerprint density at radius 3 is 2.51 bits per heavy atom. The van der Waals surface area contributed by atoms with Crippen molar-refractivity contribution >= 4 is 34.4 Å². The Labute approximate surface area is 209 Å². The van der Waals surface area contributed by atoms with Gasteiger partial charge in [-0.05, 0) is 56.9 Å². The van der Waals surface area contributed by atoms with Crippen LogP contribution in [0, 0.1) is 11.8 Å². The molecule has 2 aromatic rings. The molecule has 35 heavy (non-hydrogen) atoms. The van der Waals surface area contributed by atoms with Crippen molar-refractivity contribution in [3.8, 4) is 0 Å². The fraction of sp³-hybridized carbons (Fsp3) is 0.593. The molecule has 3 N–H and O–H groups in total. The number of rotatable bonds is 10. The Morgan fingerprint density at radius 1 is 1.14 bits per heavy atom. The predicted octanol–water partition coefficient (Wildman–Crippen LogP) is 4.55. The number of urea groups is 1. The van der Waals surface area contributed by atoms with Gasteiger partial charge >= 0.3 is 12.0 Å². The smallest absolute Gasteiger partial charge is 0.328 e. The molecule has 8 heteroatoms. The molecule has 1 aromatic heterocycles. The lowest BCUT2D eigenvalue weighted by molar-refractivity contribution is -0.145. The van der Waals surface area contributed by atoms with E-state index in [1.165, 1.54) is 0 Å². The highest BCUT2D eigenvalue weighted by Crippen LogP contribution is 2.30. The molecule has 3 rings (SSSR count). The third-order valence-corrected chi connectivity index (χ3v) is 6.51. The van der Waals surface area contributed by atoms with Gasteiger partial charge in [-0.2, -0.15) is 0 Å². The average Bonchev–Trinajstić information content (AvgIpc) is 2.82. The number of ether oxygens (including phenoxy) is 1. The zero-order valence-corrected chi connectivity index (χ0v) is 21.8. The summed E-state index contributed by atoms with van der Waals surface area (Å²) in [7, 11) is 4.11. The van der Waals surface area contributed by atoms with Crippen LogP contribution in [0.25, 0.3) is 10.9 Å². The third kappa shape index (κ3) is 7.73. The van der Waals surface area contributed by atoms with Crippen molar-refractivity contribution in [1.82, 2.24) is 15.6 Å². The number of carbonyl (C=O) groups excluding carboxylic acids is 2. The van der Waals surface area contributed by atoms with E-state index >= 15 is 0 Å². The van der Waals surface area contributed by atoms with Gasteiger partial charge in [0.1, 0.15) is 11.9 Å². The number of nitrogens with one attached hydrogen (secondary N) is 3. The van der Waals surface area contributed by atoms with Gasteiger partial charge in [-0.15, -0.1) is 0 Å². The highest BCUT2D eigenvalue weighted by Gasteiger charge is 2.25. The zero-order chi connectivity index (χ0) is 25.4. The third-order valence-electron chi connectivity index (χ3n) is 6.51. The quantitative estimate of drug-likeness (QED) is 0.429. The fourth-order valence-corrected chi connectivity index (χ4v) is 4.70. The number of anilines is 2. The number of nitrogens with zero attached hydrogens (tertiary/aromatic N) is 2. The van der Waals surface area contributed by atoms with E-state index in [0.29, 0.717) is 31.5 Å². The van der Waals surface area contributed by atoms with Crippen molar-refractivity contribution in [2.75, 3.05) is 37.5 Å². The number of amides is 2. The van der Waals surface area contributed by atoms with Gasteiger partial charge in [0.25, 0.3) is 0 Å². The van der Waals surface area contributed by atoms with Crippen LogP contribution < -0.4 is 20.9 Å². The maximum absolute atomic E-state index is 12.4. The monoisotopic (exact) mass is 483 g/mol. The van der Waals surface area contributed by atoms with Crippen molar-refractivity contribution < 1.29 is 14.3 Å². The second-order valence-electron chi connectivity index (χ2n) is 10.1. The van der Waals surface area contributed by atoms with Crippen molar-refractivity contribution in [1.29, 1.82) is 0 Å². The van der Waals surface area contributed by atoms with Gasteiger partial charge in [0.05, 0.1) is 12.1 Å². The lowest BCUT2D eigenvalue weighted by Gasteiger charge is -2.30. The molecule has 1 atom stereocenters. The minimum Gasteiger partial charge on any atom is -0.464 e. The number of esters is 1. The minimum absolute atomic E-state index is 0.276. The van der Waals surface area contributed by atoms with Crippen LogP contribution in [-0.2, 0) is 9.53 Å². The average molecular weight is 484 g/mol. The molecule has 1 saturated carbocycles. The van der Waals surface area contributed by atoms with Crippen molar-refractivity contribution in [3.05, 3.63) is 30.3 Å². The van der Waals surface area contributed by atoms with Gasteiger partial charge in [0.2, 0.25) is 0 Å². The van der Waals surface area contributed by atoms with Gasteiger partial charge in [-0.1, -0.05) is 32.0 Å². The first-order valence-corrected chi connectivity index (χ1v) is 12.8. The summed E-state index contributed by atoms with van der Waals surface area (Å²) >= 11 is 0. The van der Waals surface area contributed by atoms with Crippen LogP contribution >= 0.6 is 0 Å². The standard InChI is InChI=1S/C27H41N5O3/c1-6-35-26(33)23(15-18(2)3)31-27(34)28-17-19-11-13-20(14-12-19)29-25-16-24(32(4)5)21-9-7-8-10-22(21)30-25/h7-10,16,18-20,23H,6,11-15,17H2,1-5H3,(H,29,30)(H2,28,31,34). The van der Waals surface area contributed by atoms with E-state index in [9.17, 15) is 9.59 Å². The Bertz CT molecular complexity index is 986. The number of para-hydroxylation sites is 1. The summed E-state index contributed by atoms with van der Waals surface area (Å²) in [5, 5.41) is 10.5.